The molecule has 1 aromatic heterocycles. The Bertz CT molecular complexity index is 1150. The maximum Gasteiger partial charge on any atom is 0.338 e. The van der Waals surface area contributed by atoms with Gasteiger partial charge in [0.2, 0.25) is 0 Å². The molecule has 2 aromatic carbocycles. The summed E-state index contributed by atoms with van der Waals surface area (Å²) in [6, 6.07) is 14.9. The first-order valence-electron chi connectivity index (χ1n) is 8.86. The van der Waals surface area contributed by atoms with E-state index in [4.69, 9.17) is 4.74 Å². The largest absolute Gasteiger partial charge is 0.462 e. The smallest absolute Gasteiger partial charge is 0.338 e. The molecule has 0 atom stereocenters. The van der Waals surface area contributed by atoms with Crippen LogP contribution in [-0.4, -0.2) is 22.5 Å². The average Bonchev–Trinajstić information content (AvgIpc) is 3.25. The number of aromatic nitrogens is 1. The van der Waals surface area contributed by atoms with Gasteiger partial charge in [-0.3, -0.25) is 10.1 Å². The summed E-state index contributed by atoms with van der Waals surface area (Å²) >= 11 is 1.27. The van der Waals surface area contributed by atoms with Gasteiger partial charge in [-0.1, -0.05) is 12.1 Å². The standard InChI is InChI=1S/C21H16N4O4S/c1-2-29-21(26)14-6-8-17(9-7-14)23-12-16(11-22)20-24-19(13-30-20)15-4-3-5-18(10-15)25(27)28/h3-10,12-13,23H,2H2,1H3/b16-12+. The van der Waals surface area contributed by atoms with Crippen LogP contribution in [0, 0.1) is 21.4 Å². The van der Waals surface area contributed by atoms with E-state index in [1.807, 2.05) is 0 Å². The Hall–Kier alpha value is -4.03. The van der Waals surface area contributed by atoms with Crippen molar-refractivity contribution in [2.75, 3.05) is 11.9 Å². The van der Waals surface area contributed by atoms with Crippen molar-refractivity contribution in [1.29, 1.82) is 5.26 Å². The van der Waals surface area contributed by atoms with E-state index >= 15 is 0 Å². The summed E-state index contributed by atoms with van der Waals surface area (Å²) in [5.74, 6) is -0.395. The number of nitro benzene ring substituents is 1. The van der Waals surface area contributed by atoms with Crippen LogP contribution in [0.5, 0.6) is 0 Å². The van der Waals surface area contributed by atoms with Gasteiger partial charge in [-0.15, -0.1) is 11.3 Å². The molecule has 0 aliphatic heterocycles. The zero-order chi connectivity index (χ0) is 21.5. The first-order chi connectivity index (χ1) is 14.5. The lowest BCUT2D eigenvalue weighted by atomic mass is 10.1. The number of anilines is 1. The molecule has 1 N–H and O–H groups in total. The molecule has 0 radical (unpaired) electrons. The fourth-order valence-electron chi connectivity index (χ4n) is 2.52. The second-order valence-corrected chi connectivity index (χ2v) is 6.82. The number of nitriles is 1. The Morgan fingerprint density at radius 2 is 2.10 bits per heavy atom. The highest BCUT2D eigenvalue weighted by molar-refractivity contribution is 7.11. The van der Waals surface area contributed by atoms with E-state index in [1.165, 1.54) is 29.7 Å². The van der Waals surface area contributed by atoms with E-state index in [0.29, 0.717) is 39.7 Å². The number of allylic oxidation sites excluding steroid dienone is 1. The number of benzene rings is 2. The highest BCUT2D eigenvalue weighted by Crippen LogP contribution is 2.28. The Balaban J connectivity index is 1.76. The van der Waals surface area contributed by atoms with Crippen LogP contribution in [-0.2, 0) is 4.74 Å². The van der Waals surface area contributed by atoms with Gasteiger partial charge in [-0.05, 0) is 31.2 Å². The van der Waals surface area contributed by atoms with Crippen molar-refractivity contribution >= 4 is 34.3 Å². The summed E-state index contributed by atoms with van der Waals surface area (Å²) in [5.41, 5.74) is 2.57. The van der Waals surface area contributed by atoms with Gasteiger partial charge in [0.1, 0.15) is 16.6 Å². The molecule has 3 aromatic rings. The molecule has 0 unspecified atom stereocenters. The second kappa shape index (κ2) is 9.45. The van der Waals surface area contributed by atoms with Crippen LogP contribution in [0.4, 0.5) is 11.4 Å². The molecule has 9 heteroatoms. The number of nitro groups is 1. The number of carbonyl (C=O) groups is 1. The lowest BCUT2D eigenvalue weighted by molar-refractivity contribution is -0.384. The SMILES string of the molecule is CCOC(=O)c1ccc(N/C=C(\C#N)c2nc(-c3cccc([N+](=O)[O-])c3)cs2)cc1. The molecule has 0 saturated heterocycles. The van der Waals surface area contributed by atoms with Gasteiger partial charge < -0.3 is 10.1 Å². The number of hydrogen-bond donors (Lipinski definition) is 1. The number of ether oxygens (including phenoxy) is 1. The fraction of sp³-hybridized carbons (Fsp3) is 0.0952. The van der Waals surface area contributed by atoms with Crippen LogP contribution in [0.3, 0.4) is 0 Å². The number of esters is 1. The van der Waals surface area contributed by atoms with Crippen molar-refractivity contribution < 1.29 is 14.5 Å². The summed E-state index contributed by atoms with van der Waals surface area (Å²) < 4.78 is 4.94. The average molecular weight is 420 g/mol. The Labute approximate surface area is 176 Å². The summed E-state index contributed by atoms with van der Waals surface area (Å²) in [5, 5.41) is 25.7. The molecule has 1 heterocycles. The zero-order valence-corrected chi connectivity index (χ0v) is 16.7. The number of rotatable bonds is 7. The molecule has 0 aliphatic rings. The van der Waals surface area contributed by atoms with E-state index in [0.717, 1.165) is 0 Å². The van der Waals surface area contributed by atoms with Crippen molar-refractivity contribution in [2.45, 2.75) is 6.92 Å². The molecule has 0 aliphatic carbocycles. The molecular weight excluding hydrogens is 404 g/mol. The van der Waals surface area contributed by atoms with Crippen molar-refractivity contribution in [3.05, 3.63) is 80.8 Å². The van der Waals surface area contributed by atoms with Gasteiger partial charge in [0, 0.05) is 35.0 Å². The minimum absolute atomic E-state index is 0.0222. The predicted octanol–water partition coefficient (Wildman–Crippen LogP) is 4.87. The summed E-state index contributed by atoms with van der Waals surface area (Å²) in [6.07, 6.45) is 1.52. The summed E-state index contributed by atoms with van der Waals surface area (Å²) in [4.78, 5) is 26.6. The molecule has 3 rings (SSSR count). The Morgan fingerprint density at radius 3 is 2.77 bits per heavy atom. The second-order valence-electron chi connectivity index (χ2n) is 5.96. The third-order valence-electron chi connectivity index (χ3n) is 3.99. The van der Waals surface area contributed by atoms with Crippen molar-refractivity contribution in [2.24, 2.45) is 0 Å². The topological polar surface area (TPSA) is 118 Å². The van der Waals surface area contributed by atoms with Crippen LogP contribution in [0.15, 0.2) is 60.1 Å². The number of nitrogens with one attached hydrogen (secondary N) is 1. The van der Waals surface area contributed by atoms with Crippen LogP contribution in [0.1, 0.15) is 22.3 Å². The van der Waals surface area contributed by atoms with E-state index in [1.54, 1.807) is 48.7 Å². The van der Waals surface area contributed by atoms with E-state index in [-0.39, 0.29) is 5.69 Å². The molecule has 0 bridgehead atoms. The Morgan fingerprint density at radius 1 is 1.33 bits per heavy atom. The van der Waals surface area contributed by atoms with Crippen molar-refractivity contribution in [1.82, 2.24) is 4.98 Å². The zero-order valence-electron chi connectivity index (χ0n) is 15.9. The third kappa shape index (κ3) is 4.87. The number of thiazole rings is 1. The monoisotopic (exact) mass is 420 g/mol. The first-order valence-corrected chi connectivity index (χ1v) is 9.74. The quantitative estimate of drug-likeness (QED) is 0.251. The van der Waals surface area contributed by atoms with Gasteiger partial charge in [0.25, 0.3) is 5.69 Å². The molecule has 8 nitrogen and oxygen atoms in total. The molecule has 150 valence electrons. The van der Waals surface area contributed by atoms with Crippen LogP contribution >= 0.6 is 11.3 Å². The lowest BCUT2D eigenvalue weighted by Gasteiger charge is -2.04. The maximum absolute atomic E-state index is 11.7. The number of hydrogen-bond acceptors (Lipinski definition) is 8. The Kier molecular flexibility index (Phi) is 6.52. The maximum atomic E-state index is 11.7. The van der Waals surface area contributed by atoms with Gasteiger partial charge in [0.05, 0.1) is 22.8 Å². The van der Waals surface area contributed by atoms with E-state index < -0.39 is 10.9 Å². The van der Waals surface area contributed by atoms with Gasteiger partial charge in [-0.25, -0.2) is 9.78 Å². The van der Waals surface area contributed by atoms with Gasteiger partial charge in [0.15, 0.2) is 0 Å². The summed E-state index contributed by atoms with van der Waals surface area (Å²) in [7, 11) is 0. The van der Waals surface area contributed by atoms with Crippen LogP contribution in [0.25, 0.3) is 16.8 Å². The predicted molar refractivity (Wildman–Crippen MR) is 114 cm³/mol. The van der Waals surface area contributed by atoms with Crippen molar-refractivity contribution in [3.63, 3.8) is 0 Å². The highest BCUT2D eigenvalue weighted by atomic mass is 32.1. The molecule has 0 saturated carbocycles. The lowest BCUT2D eigenvalue weighted by Crippen LogP contribution is -2.04. The minimum Gasteiger partial charge on any atom is -0.462 e. The summed E-state index contributed by atoms with van der Waals surface area (Å²) in [6.45, 7) is 2.05. The van der Waals surface area contributed by atoms with Gasteiger partial charge in [-0.2, -0.15) is 5.26 Å². The van der Waals surface area contributed by atoms with E-state index in [2.05, 4.69) is 16.4 Å². The van der Waals surface area contributed by atoms with Crippen LogP contribution < -0.4 is 5.32 Å². The molecule has 0 amide bonds. The third-order valence-corrected chi connectivity index (χ3v) is 4.86. The molecule has 0 fully saturated rings. The highest BCUT2D eigenvalue weighted by Gasteiger charge is 2.12. The van der Waals surface area contributed by atoms with Gasteiger partial charge >= 0.3 is 5.97 Å². The normalized spacial score (nSPS) is 10.9. The number of carbonyl (C=O) groups excluding carboxylic acids is 1. The van der Waals surface area contributed by atoms with E-state index in [9.17, 15) is 20.2 Å². The molecular formula is C21H16N4O4S. The molecule has 30 heavy (non-hydrogen) atoms. The fourth-order valence-corrected chi connectivity index (χ4v) is 3.32. The first kappa shape index (κ1) is 20.7. The van der Waals surface area contributed by atoms with Crippen molar-refractivity contribution in [3.8, 4) is 17.3 Å². The molecule has 0 spiro atoms. The number of nitrogens with zero attached hydrogens (tertiary/aromatic N) is 3. The number of non-ortho nitro benzene ring substituents is 1. The minimum atomic E-state index is -0.464. The van der Waals surface area contributed by atoms with Crippen LogP contribution in [0.2, 0.25) is 0 Å².